The Morgan fingerprint density at radius 1 is 1.15 bits per heavy atom. The average molecular weight is 386 g/mol. The highest BCUT2D eigenvalue weighted by Gasteiger charge is 2.25. The van der Waals surface area contributed by atoms with Crippen LogP contribution >= 0.6 is 11.8 Å². The lowest BCUT2D eigenvalue weighted by Gasteiger charge is -2.29. The second-order valence-corrected chi connectivity index (χ2v) is 8.23. The molecule has 27 heavy (non-hydrogen) atoms. The molecule has 1 aliphatic carbocycles. The van der Waals surface area contributed by atoms with Crippen LogP contribution in [0.5, 0.6) is 6.01 Å². The van der Waals surface area contributed by atoms with Crippen LogP contribution in [0, 0.1) is 13.8 Å². The number of aromatic nitrogens is 2. The Hall–Kier alpha value is -2.08. The zero-order valence-corrected chi connectivity index (χ0v) is 17.0. The summed E-state index contributed by atoms with van der Waals surface area (Å²) in [7, 11) is 0. The number of aryl methyl sites for hydroxylation is 2. The predicted octanol–water partition coefficient (Wildman–Crippen LogP) is 4.33. The van der Waals surface area contributed by atoms with Gasteiger partial charge in [0.25, 0.3) is 5.91 Å². The molecule has 3 rings (SSSR count). The summed E-state index contributed by atoms with van der Waals surface area (Å²) in [6.45, 7) is 5.99. The molecule has 1 saturated carbocycles. The van der Waals surface area contributed by atoms with Gasteiger partial charge in [0.15, 0.2) is 0 Å². The van der Waals surface area contributed by atoms with Gasteiger partial charge in [-0.1, -0.05) is 19.1 Å². The molecule has 1 aromatic heterocycles. The number of hydrogen-bond donors (Lipinski definition) is 1. The van der Waals surface area contributed by atoms with Gasteiger partial charge in [0.2, 0.25) is 0 Å². The van der Waals surface area contributed by atoms with Crippen molar-refractivity contribution in [1.29, 1.82) is 0 Å². The number of amides is 1. The first-order valence-corrected chi connectivity index (χ1v) is 10.6. The minimum atomic E-state index is 0.0218. The molecule has 0 unspecified atom stereocenters. The van der Waals surface area contributed by atoms with Gasteiger partial charge < -0.3 is 10.1 Å². The van der Waals surface area contributed by atoms with E-state index in [2.05, 4.69) is 22.2 Å². The van der Waals surface area contributed by atoms with Crippen molar-refractivity contribution < 1.29 is 9.53 Å². The van der Waals surface area contributed by atoms with Crippen LogP contribution in [0.25, 0.3) is 0 Å². The third-order valence-corrected chi connectivity index (χ3v) is 5.63. The second kappa shape index (κ2) is 9.22. The van der Waals surface area contributed by atoms with E-state index in [0.29, 0.717) is 6.01 Å². The first-order chi connectivity index (χ1) is 13.0. The Kier molecular flexibility index (Phi) is 6.72. The van der Waals surface area contributed by atoms with Crippen LogP contribution in [0.15, 0.2) is 35.2 Å². The molecule has 0 aliphatic heterocycles. The van der Waals surface area contributed by atoms with E-state index in [1.807, 2.05) is 44.2 Å². The van der Waals surface area contributed by atoms with Crippen LogP contribution in [0.3, 0.4) is 0 Å². The Bertz CT molecular complexity index is 768. The summed E-state index contributed by atoms with van der Waals surface area (Å²) in [6.07, 6.45) is 3.72. The molecule has 144 valence electrons. The van der Waals surface area contributed by atoms with Gasteiger partial charge in [0.1, 0.15) is 6.10 Å². The first-order valence-electron chi connectivity index (χ1n) is 9.56. The summed E-state index contributed by atoms with van der Waals surface area (Å²) in [5.74, 6) is 0.973. The number of carbonyl (C=O) groups is 1. The normalized spacial score (nSPS) is 19.5. The van der Waals surface area contributed by atoms with Crippen molar-refractivity contribution in [3.05, 3.63) is 47.3 Å². The number of thioether (sulfide) groups is 1. The molecule has 1 amide bonds. The summed E-state index contributed by atoms with van der Waals surface area (Å²) in [5, 5.41) is 3.20. The van der Waals surface area contributed by atoms with Gasteiger partial charge in [-0.25, -0.2) is 9.97 Å². The Balaban J connectivity index is 1.53. The Labute approximate surface area is 165 Å². The maximum Gasteiger partial charge on any atom is 0.317 e. The maximum atomic E-state index is 12.7. The van der Waals surface area contributed by atoms with E-state index in [1.54, 1.807) is 11.8 Å². The standard InChI is InChI=1S/C21H27N3O2S/c1-4-27-19-8-6-5-7-18(19)20(25)24-16-9-11-17(12-10-16)26-21-22-14(2)13-15(3)23-21/h5-8,13,16-17H,4,9-12H2,1-3H3,(H,24,25). The average Bonchev–Trinajstić information content (AvgIpc) is 2.63. The highest BCUT2D eigenvalue weighted by atomic mass is 32.2. The number of hydrogen-bond acceptors (Lipinski definition) is 5. The molecule has 6 heteroatoms. The van der Waals surface area contributed by atoms with Gasteiger partial charge >= 0.3 is 6.01 Å². The number of benzene rings is 1. The molecule has 1 aromatic carbocycles. The van der Waals surface area contributed by atoms with E-state index in [-0.39, 0.29) is 18.1 Å². The lowest BCUT2D eigenvalue weighted by atomic mass is 9.92. The van der Waals surface area contributed by atoms with Crippen LogP contribution < -0.4 is 10.1 Å². The van der Waals surface area contributed by atoms with E-state index in [0.717, 1.165) is 53.3 Å². The second-order valence-electron chi connectivity index (χ2n) is 6.93. The van der Waals surface area contributed by atoms with E-state index in [9.17, 15) is 4.79 Å². The summed E-state index contributed by atoms with van der Waals surface area (Å²) in [4.78, 5) is 22.4. The van der Waals surface area contributed by atoms with Crippen LogP contribution in [-0.4, -0.2) is 33.8 Å². The van der Waals surface area contributed by atoms with E-state index < -0.39 is 0 Å². The Morgan fingerprint density at radius 2 is 1.81 bits per heavy atom. The third kappa shape index (κ3) is 5.45. The molecule has 2 aromatic rings. The summed E-state index contributed by atoms with van der Waals surface area (Å²) in [6, 6.07) is 10.4. The zero-order valence-electron chi connectivity index (χ0n) is 16.2. The lowest BCUT2D eigenvalue weighted by Crippen LogP contribution is -2.40. The van der Waals surface area contributed by atoms with E-state index >= 15 is 0 Å². The first kappa shape index (κ1) is 19.7. The monoisotopic (exact) mass is 385 g/mol. The largest absolute Gasteiger partial charge is 0.460 e. The molecule has 0 saturated heterocycles. The van der Waals surface area contributed by atoms with Gasteiger partial charge in [0.05, 0.1) is 5.56 Å². The Morgan fingerprint density at radius 3 is 2.48 bits per heavy atom. The summed E-state index contributed by atoms with van der Waals surface area (Å²) in [5.41, 5.74) is 2.61. The smallest absolute Gasteiger partial charge is 0.317 e. The molecule has 0 atom stereocenters. The molecule has 5 nitrogen and oxygen atoms in total. The van der Waals surface area contributed by atoms with Crippen molar-refractivity contribution in [3.63, 3.8) is 0 Å². The number of nitrogens with zero attached hydrogens (tertiary/aromatic N) is 2. The molecule has 1 heterocycles. The molecular formula is C21H27N3O2S. The van der Waals surface area contributed by atoms with Gasteiger partial charge in [0, 0.05) is 22.3 Å². The van der Waals surface area contributed by atoms with Crippen LogP contribution in [0.4, 0.5) is 0 Å². The number of rotatable bonds is 6. The fraction of sp³-hybridized carbons (Fsp3) is 0.476. The predicted molar refractivity (Wildman–Crippen MR) is 108 cm³/mol. The molecule has 1 aliphatic rings. The number of nitrogens with one attached hydrogen (secondary N) is 1. The molecular weight excluding hydrogens is 358 g/mol. The number of ether oxygens (including phenoxy) is 1. The topological polar surface area (TPSA) is 64.1 Å². The highest BCUT2D eigenvalue weighted by molar-refractivity contribution is 7.99. The minimum Gasteiger partial charge on any atom is -0.460 e. The van der Waals surface area contributed by atoms with Gasteiger partial charge in [-0.05, 0) is 63.5 Å². The van der Waals surface area contributed by atoms with Crippen molar-refractivity contribution in [1.82, 2.24) is 15.3 Å². The van der Waals surface area contributed by atoms with Crippen molar-refractivity contribution in [2.75, 3.05) is 5.75 Å². The SMILES string of the molecule is CCSc1ccccc1C(=O)NC1CCC(Oc2nc(C)cc(C)n2)CC1. The minimum absolute atomic E-state index is 0.0218. The van der Waals surface area contributed by atoms with Crippen molar-refractivity contribution in [3.8, 4) is 6.01 Å². The fourth-order valence-corrected chi connectivity index (χ4v) is 4.22. The molecule has 1 fully saturated rings. The zero-order chi connectivity index (χ0) is 19.2. The fourth-order valence-electron chi connectivity index (χ4n) is 3.42. The van der Waals surface area contributed by atoms with E-state index in [4.69, 9.17) is 4.74 Å². The van der Waals surface area contributed by atoms with Gasteiger partial charge in [-0.15, -0.1) is 11.8 Å². The van der Waals surface area contributed by atoms with Crippen LogP contribution in [-0.2, 0) is 0 Å². The van der Waals surface area contributed by atoms with Crippen LogP contribution in [0.1, 0.15) is 54.4 Å². The van der Waals surface area contributed by atoms with Gasteiger partial charge in [-0.2, -0.15) is 0 Å². The summed E-state index contributed by atoms with van der Waals surface area (Å²) < 4.78 is 5.97. The quantitative estimate of drug-likeness (QED) is 0.750. The van der Waals surface area contributed by atoms with Crippen molar-refractivity contribution in [2.45, 2.75) is 63.5 Å². The number of carbonyl (C=O) groups excluding carboxylic acids is 1. The highest BCUT2D eigenvalue weighted by Crippen LogP contribution is 2.25. The van der Waals surface area contributed by atoms with Gasteiger partial charge in [-0.3, -0.25) is 4.79 Å². The molecule has 0 spiro atoms. The maximum absolute atomic E-state index is 12.7. The van der Waals surface area contributed by atoms with Crippen molar-refractivity contribution in [2.24, 2.45) is 0 Å². The third-order valence-electron chi connectivity index (χ3n) is 4.67. The molecule has 0 radical (unpaired) electrons. The lowest BCUT2D eigenvalue weighted by molar-refractivity contribution is 0.0882. The summed E-state index contributed by atoms with van der Waals surface area (Å²) >= 11 is 1.70. The van der Waals surface area contributed by atoms with E-state index in [1.165, 1.54) is 0 Å². The van der Waals surface area contributed by atoms with Crippen molar-refractivity contribution >= 4 is 17.7 Å². The molecule has 1 N–H and O–H groups in total. The molecule has 0 bridgehead atoms. The van der Waals surface area contributed by atoms with Crippen LogP contribution in [0.2, 0.25) is 0 Å².